The molecule has 2 atom stereocenters. The molecule has 1 heterocycles. The van der Waals surface area contributed by atoms with Crippen LogP contribution in [0, 0.1) is 5.41 Å². The highest BCUT2D eigenvalue weighted by Gasteiger charge is 2.29. The summed E-state index contributed by atoms with van der Waals surface area (Å²) in [6.07, 6.45) is 10.7. The third-order valence-electron chi connectivity index (χ3n) is 6.32. The number of rotatable bonds is 10. The number of hydrogen-bond donors (Lipinski definition) is 2. The summed E-state index contributed by atoms with van der Waals surface area (Å²) in [5, 5.41) is 19.7. The van der Waals surface area contributed by atoms with Crippen LogP contribution in [0.3, 0.4) is 0 Å². The minimum Gasteiger partial charge on any atom is -0.429 e. The van der Waals surface area contributed by atoms with Crippen LogP contribution in [-0.4, -0.2) is 34.9 Å². The first-order chi connectivity index (χ1) is 14.1. The van der Waals surface area contributed by atoms with E-state index in [1.807, 2.05) is 0 Å². The molecule has 30 heavy (non-hydrogen) atoms. The maximum atomic E-state index is 11.4. The van der Waals surface area contributed by atoms with E-state index in [-0.39, 0.29) is 12.0 Å². The van der Waals surface area contributed by atoms with Crippen molar-refractivity contribution in [1.82, 2.24) is 0 Å². The van der Waals surface area contributed by atoms with Gasteiger partial charge in [-0.3, -0.25) is 4.79 Å². The summed E-state index contributed by atoms with van der Waals surface area (Å²) in [6, 6.07) is 0. The van der Waals surface area contributed by atoms with Gasteiger partial charge >= 0.3 is 5.97 Å². The number of esters is 1. The van der Waals surface area contributed by atoms with Gasteiger partial charge in [0.1, 0.15) is 6.29 Å². The molecule has 1 aliphatic carbocycles. The maximum Gasteiger partial charge on any atom is 0.333 e. The van der Waals surface area contributed by atoms with Crippen LogP contribution in [0.25, 0.3) is 0 Å². The first-order valence-electron chi connectivity index (χ1n) is 10.9. The SMILES string of the molecule is CC1=C(CC/C(C)=C/CC/C(C=O)=C\C[C@@H](O)C2=CC(=O)O[C@H]2O)C(C)(C)CCC1. The number of aldehydes is 1. The van der Waals surface area contributed by atoms with Gasteiger partial charge in [0.25, 0.3) is 0 Å². The fourth-order valence-corrected chi connectivity index (χ4v) is 4.42. The second-order valence-electron chi connectivity index (χ2n) is 9.17. The van der Waals surface area contributed by atoms with E-state index in [1.54, 1.807) is 17.2 Å². The van der Waals surface area contributed by atoms with Gasteiger partial charge in [0.05, 0.1) is 6.10 Å². The zero-order chi connectivity index (χ0) is 22.3. The Labute approximate surface area is 180 Å². The van der Waals surface area contributed by atoms with Crippen molar-refractivity contribution in [2.24, 2.45) is 5.41 Å². The van der Waals surface area contributed by atoms with Gasteiger partial charge < -0.3 is 14.9 Å². The molecule has 2 rings (SSSR count). The standard InChI is InChI=1S/C25H36O5/c1-17(10-12-21-18(2)8-6-14-25(21,3)4)7-5-9-19(16-26)11-13-22(27)20-15-23(28)30-24(20)29/h7,11,15-16,22,24,27,29H,5-6,8-10,12-14H2,1-4H3/b17-7+,19-11+/t22-,24-/m1/s1. The Morgan fingerprint density at radius 1 is 1.33 bits per heavy atom. The molecule has 5 heteroatoms. The van der Waals surface area contributed by atoms with Crippen molar-refractivity contribution >= 4 is 12.3 Å². The molecule has 0 aromatic heterocycles. The van der Waals surface area contributed by atoms with Gasteiger partial charge in [0, 0.05) is 11.6 Å². The fourth-order valence-electron chi connectivity index (χ4n) is 4.42. The molecular formula is C25H36O5. The Kier molecular flexibility index (Phi) is 8.80. The molecular weight excluding hydrogens is 380 g/mol. The van der Waals surface area contributed by atoms with Gasteiger partial charge in [-0.15, -0.1) is 0 Å². The number of hydrogen-bond acceptors (Lipinski definition) is 5. The van der Waals surface area contributed by atoms with Gasteiger partial charge in [-0.1, -0.05) is 42.7 Å². The quantitative estimate of drug-likeness (QED) is 0.233. The van der Waals surface area contributed by atoms with Gasteiger partial charge in [0.2, 0.25) is 6.29 Å². The van der Waals surface area contributed by atoms with Crippen molar-refractivity contribution in [2.75, 3.05) is 0 Å². The number of allylic oxidation sites excluding steroid dienone is 5. The lowest BCUT2D eigenvalue weighted by Crippen LogP contribution is -2.20. The highest BCUT2D eigenvalue weighted by molar-refractivity contribution is 5.85. The summed E-state index contributed by atoms with van der Waals surface area (Å²) in [6.45, 7) is 9.11. The molecule has 1 aliphatic heterocycles. The number of ether oxygens (including phenoxy) is 1. The molecule has 0 fully saturated rings. The summed E-state index contributed by atoms with van der Waals surface area (Å²) >= 11 is 0. The lowest BCUT2D eigenvalue weighted by atomic mass is 9.71. The molecule has 0 unspecified atom stereocenters. The normalized spacial score (nSPS) is 23.3. The highest BCUT2D eigenvalue weighted by atomic mass is 16.6. The lowest BCUT2D eigenvalue weighted by Gasteiger charge is -2.35. The van der Waals surface area contributed by atoms with E-state index in [4.69, 9.17) is 0 Å². The molecule has 0 aromatic rings. The van der Waals surface area contributed by atoms with Gasteiger partial charge in [0.15, 0.2) is 0 Å². The molecule has 166 valence electrons. The topological polar surface area (TPSA) is 83.8 Å². The molecule has 0 spiro atoms. The Bertz CT molecular complexity index is 766. The number of cyclic esters (lactones) is 1. The molecule has 0 saturated carbocycles. The van der Waals surface area contributed by atoms with Crippen molar-refractivity contribution in [3.05, 3.63) is 46.1 Å². The van der Waals surface area contributed by atoms with Crippen molar-refractivity contribution in [3.8, 4) is 0 Å². The Hall–Kier alpha value is -1.98. The summed E-state index contributed by atoms with van der Waals surface area (Å²) in [5.41, 5.74) is 5.53. The average Bonchev–Trinajstić information content (AvgIpc) is 3.01. The highest BCUT2D eigenvalue weighted by Crippen LogP contribution is 2.42. The third kappa shape index (κ3) is 6.78. The largest absolute Gasteiger partial charge is 0.429 e. The van der Waals surface area contributed by atoms with Crippen molar-refractivity contribution in [2.45, 2.75) is 91.5 Å². The van der Waals surface area contributed by atoms with Gasteiger partial charge in [-0.2, -0.15) is 0 Å². The second kappa shape index (κ2) is 10.9. The molecule has 0 amide bonds. The van der Waals surface area contributed by atoms with Crippen LogP contribution in [0.15, 0.2) is 46.1 Å². The average molecular weight is 417 g/mol. The minimum absolute atomic E-state index is 0.132. The van der Waals surface area contributed by atoms with Gasteiger partial charge in [-0.05, 0) is 76.2 Å². The van der Waals surface area contributed by atoms with E-state index in [1.165, 1.54) is 24.8 Å². The number of aliphatic hydroxyl groups is 2. The van der Waals surface area contributed by atoms with E-state index < -0.39 is 18.4 Å². The summed E-state index contributed by atoms with van der Waals surface area (Å²) in [7, 11) is 0. The van der Waals surface area contributed by atoms with Crippen LogP contribution in [0.2, 0.25) is 0 Å². The van der Waals surface area contributed by atoms with Crippen LogP contribution in [-0.2, 0) is 14.3 Å². The van der Waals surface area contributed by atoms with Crippen LogP contribution in [0.5, 0.6) is 0 Å². The molecule has 0 bridgehead atoms. The molecule has 0 saturated heterocycles. The molecule has 2 N–H and O–H groups in total. The second-order valence-corrected chi connectivity index (χ2v) is 9.17. The Balaban J connectivity index is 1.83. The van der Waals surface area contributed by atoms with E-state index in [9.17, 15) is 19.8 Å². The summed E-state index contributed by atoms with van der Waals surface area (Å²) in [5.74, 6) is -0.667. The fraction of sp³-hybridized carbons (Fsp3) is 0.600. The minimum atomic E-state index is -1.40. The zero-order valence-corrected chi connectivity index (χ0v) is 18.7. The van der Waals surface area contributed by atoms with E-state index >= 15 is 0 Å². The molecule has 0 radical (unpaired) electrons. The predicted octanol–water partition coefficient (Wildman–Crippen LogP) is 4.70. The van der Waals surface area contributed by atoms with E-state index in [2.05, 4.69) is 38.5 Å². The Morgan fingerprint density at radius 3 is 2.67 bits per heavy atom. The third-order valence-corrected chi connectivity index (χ3v) is 6.32. The summed E-state index contributed by atoms with van der Waals surface area (Å²) in [4.78, 5) is 22.5. The van der Waals surface area contributed by atoms with Crippen LogP contribution in [0.4, 0.5) is 0 Å². The molecule has 2 aliphatic rings. The van der Waals surface area contributed by atoms with E-state index in [0.29, 0.717) is 17.4 Å². The lowest BCUT2D eigenvalue weighted by molar-refractivity contribution is -0.151. The van der Waals surface area contributed by atoms with Crippen molar-refractivity contribution in [3.63, 3.8) is 0 Å². The first kappa shape index (κ1) is 24.3. The summed E-state index contributed by atoms with van der Waals surface area (Å²) < 4.78 is 4.57. The first-order valence-corrected chi connectivity index (χ1v) is 10.9. The van der Waals surface area contributed by atoms with Crippen molar-refractivity contribution < 1.29 is 24.5 Å². The monoisotopic (exact) mass is 416 g/mol. The van der Waals surface area contributed by atoms with Crippen molar-refractivity contribution in [1.29, 1.82) is 0 Å². The molecule has 0 aromatic carbocycles. The number of aliphatic hydroxyl groups excluding tert-OH is 2. The van der Waals surface area contributed by atoms with Crippen LogP contribution >= 0.6 is 0 Å². The molecule has 5 nitrogen and oxygen atoms in total. The van der Waals surface area contributed by atoms with Crippen LogP contribution in [0.1, 0.15) is 79.1 Å². The smallest absolute Gasteiger partial charge is 0.333 e. The number of carbonyl (C=O) groups excluding carboxylic acids is 2. The Morgan fingerprint density at radius 2 is 2.07 bits per heavy atom. The van der Waals surface area contributed by atoms with Crippen LogP contribution < -0.4 is 0 Å². The predicted molar refractivity (Wildman–Crippen MR) is 118 cm³/mol. The van der Waals surface area contributed by atoms with Gasteiger partial charge in [-0.25, -0.2) is 4.79 Å². The number of carbonyl (C=O) groups is 2. The van der Waals surface area contributed by atoms with E-state index in [0.717, 1.165) is 31.6 Å². The maximum absolute atomic E-state index is 11.4. The zero-order valence-electron chi connectivity index (χ0n) is 18.7.